The maximum atomic E-state index is 13.5. The van der Waals surface area contributed by atoms with Crippen LogP contribution in [0.5, 0.6) is 0 Å². The molecule has 18 heavy (non-hydrogen) atoms. The fourth-order valence-corrected chi connectivity index (χ4v) is 2.48. The first kappa shape index (κ1) is 13.5. The fraction of sp³-hybridized carbons (Fsp3) is 0.600. The number of benzene rings is 1. The van der Waals surface area contributed by atoms with Gasteiger partial charge in [0.2, 0.25) is 0 Å². The molecule has 2 unspecified atom stereocenters. The number of halogens is 1. The molecule has 1 heterocycles. The Bertz CT molecular complexity index is 367. The van der Waals surface area contributed by atoms with Crippen LogP contribution in [0.25, 0.3) is 0 Å². The third-order valence-corrected chi connectivity index (χ3v) is 3.52. The number of hydrogen-bond donors (Lipinski definition) is 1. The summed E-state index contributed by atoms with van der Waals surface area (Å²) in [6.07, 6.45) is 4.72. The van der Waals surface area contributed by atoms with E-state index in [1.165, 1.54) is 6.07 Å². The molecule has 3 heteroatoms. The summed E-state index contributed by atoms with van der Waals surface area (Å²) in [5, 5.41) is 3.45. The highest BCUT2D eigenvalue weighted by Gasteiger charge is 2.21. The third kappa shape index (κ3) is 3.79. The lowest BCUT2D eigenvalue weighted by Crippen LogP contribution is -2.38. The van der Waals surface area contributed by atoms with Crippen molar-refractivity contribution in [3.63, 3.8) is 0 Å². The number of ether oxygens (including phenoxy) is 1. The van der Waals surface area contributed by atoms with Gasteiger partial charge in [0.1, 0.15) is 5.82 Å². The van der Waals surface area contributed by atoms with Crippen LogP contribution >= 0.6 is 0 Å². The molecule has 0 saturated carbocycles. The predicted octanol–water partition coefficient (Wildman–Crippen LogP) is 3.26. The van der Waals surface area contributed by atoms with E-state index in [-0.39, 0.29) is 5.82 Å². The summed E-state index contributed by atoms with van der Waals surface area (Å²) in [6.45, 7) is 3.61. The number of hydrogen-bond acceptors (Lipinski definition) is 2. The molecule has 2 rings (SSSR count). The quantitative estimate of drug-likeness (QED) is 0.867. The molecule has 1 aliphatic heterocycles. The molecule has 1 fully saturated rings. The van der Waals surface area contributed by atoms with Gasteiger partial charge in [-0.15, -0.1) is 0 Å². The van der Waals surface area contributed by atoms with E-state index in [0.29, 0.717) is 18.7 Å². The second-order valence-electron chi connectivity index (χ2n) is 4.98. The predicted molar refractivity (Wildman–Crippen MR) is 70.9 cm³/mol. The van der Waals surface area contributed by atoms with E-state index in [4.69, 9.17) is 4.74 Å². The van der Waals surface area contributed by atoms with Gasteiger partial charge < -0.3 is 10.1 Å². The van der Waals surface area contributed by atoms with Crippen LogP contribution in [0.2, 0.25) is 0 Å². The molecule has 1 aliphatic rings. The molecule has 0 radical (unpaired) electrons. The molecule has 2 atom stereocenters. The van der Waals surface area contributed by atoms with Gasteiger partial charge in [0, 0.05) is 24.8 Å². The van der Waals surface area contributed by atoms with Crippen LogP contribution in [0, 0.1) is 5.82 Å². The monoisotopic (exact) mass is 251 g/mol. The SMILES string of the molecule is CCCC1CC(NCc2ccccc2F)CCO1. The Labute approximate surface area is 109 Å². The molecule has 0 spiro atoms. The van der Waals surface area contributed by atoms with Gasteiger partial charge >= 0.3 is 0 Å². The van der Waals surface area contributed by atoms with Crippen LogP contribution < -0.4 is 5.32 Å². The second-order valence-corrected chi connectivity index (χ2v) is 4.98. The van der Waals surface area contributed by atoms with Crippen LogP contribution in [-0.2, 0) is 11.3 Å². The topological polar surface area (TPSA) is 21.3 Å². The summed E-state index contributed by atoms with van der Waals surface area (Å²) in [5.74, 6) is -0.123. The van der Waals surface area contributed by atoms with Crippen molar-refractivity contribution >= 4 is 0 Å². The fourth-order valence-electron chi connectivity index (χ4n) is 2.48. The molecule has 0 aliphatic carbocycles. The molecule has 2 nitrogen and oxygen atoms in total. The van der Waals surface area contributed by atoms with Crippen molar-refractivity contribution in [2.45, 2.75) is 51.3 Å². The number of rotatable bonds is 5. The third-order valence-electron chi connectivity index (χ3n) is 3.52. The Morgan fingerprint density at radius 3 is 3.00 bits per heavy atom. The van der Waals surface area contributed by atoms with Gasteiger partial charge in [-0.2, -0.15) is 0 Å². The van der Waals surface area contributed by atoms with Gasteiger partial charge in [-0.25, -0.2) is 4.39 Å². The van der Waals surface area contributed by atoms with Crippen molar-refractivity contribution in [1.82, 2.24) is 5.32 Å². The molecule has 1 saturated heterocycles. The van der Waals surface area contributed by atoms with Crippen molar-refractivity contribution in [3.05, 3.63) is 35.6 Å². The van der Waals surface area contributed by atoms with E-state index in [2.05, 4.69) is 12.2 Å². The summed E-state index contributed by atoms with van der Waals surface area (Å²) >= 11 is 0. The average Bonchev–Trinajstić information content (AvgIpc) is 2.39. The van der Waals surface area contributed by atoms with Gasteiger partial charge in [0.15, 0.2) is 0 Å². The zero-order valence-electron chi connectivity index (χ0n) is 11.0. The lowest BCUT2D eigenvalue weighted by molar-refractivity contribution is -0.00346. The molecule has 1 aromatic rings. The second kappa shape index (κ2) is 6.86. The molecule has 0 bridgehead atoms. The van der Waals surface area contributed by atoms with Crippen LogP contribution in [0.15, 0.2) is 24.3 Å². The van der Waals surface area contributed by atoms with Crippen LogP contribution in [0.1, 0.15) is 38.2 Å². The lowest BCUT2D eigenvalue weighted by atomic mass is 10.00. The van der Waals surface area contributed by atoms with E-state index in [0.717, 1.165) is 37.9 Å². The van der Waals surface area contributed by atoms with Crippen molar-refractivity contribution in [1.29, 1.82) is 0 Å². The first-order chi connectivity index (χ1) is 8.79. The smallest absolute Gasteiger partial charge is 0.127 e. The Hall–Kier alpha value is -0.930. The summed E-state index contributed by atoms with van der Waals surface area (Å²) in [5.41, 5.74) is 0.746. The Morgan fingerprint density at radius 1 is 1.39 bits per heavy atom. The first-order valence-corrected chi connectivity index (χ1v) is 6.88. The Morgan fingerprint density at radius 2 is 2.22 bits per heavy atom. The minimum atomic E-state index is -0.123. The molecule has 0 amide bonds. The molecule has 1 N–H and O–H groups in total. The van der Waals surface area contributed by atoms with Gasteiger partial charge in [0.25, 0.3) is 0 Å². The Kier molecular flexibility index (Phi) is 5.14. The van der Waals surface area contributed by atoms with Crippen LogP contribution in [0.3, 0.4) is 0 Å². The van der Waals surface area contributed by atoms with Crippen molar-refractivity contribution in [2.24, 2.45) is 0 Å². The van der Waals surface area contributed by atoms with E-state index in [1.54, 1.807) is 6.07 Å². The molecule has 100 valence electrons. The van der Waals surface area contributed by atoms with Crippen molar-refractivity contribution in [2.75, 3.05) is 6.61 Å². The van der Waals surface area contributed by atoms with Crippen molar-refractivity contribution in [3.8, 4) is 0 Å². The minimum Gasteiger partial charge on any atom is -0.378 e. The maximum Gasteiger partial charge on any atom is 0.127 e. The largest absolute Gasteiger partial charge is 0.378 e. The number of nitrogens with one attached hydrogen (secondary N) is 1. The zero-order chi connectivity index (χ0) is 12.8. The highest BCUT2D eigenvalue weighted by molar-refractivity contribution is 5.17. The summed E-state index contributed by atoms with van der Waals surface area (Å²) in [7, 11) is 0. The Balaban J connectivity index is 1.81. The van der Waals surface area contributed by atoms with Crippen molar-refractivity contribution < 1.29 is 9.13 Å². The highest BCUT2D eigenvalue weighted by atomic mass is 19.1. The van der Waals surface area contributed by atoms with Crippen LogP contribution in [-0.4, -0.2) is 18.8 Å². The van der Waals surface area contributed by atoms with E-state index in [9.17, 15) is 4.39 Å². The van der Waals surface area contributed by atoms with E-state index >= 15 is 0 Å². The summed E-state index contributed by atoms with van der Waals surface area (Å²) in [6, 6.07) is 7.41. The normalized spacial score (nSPS) is 24.1. The summed E-state index contributed by atoms with van der Waals surface area (Å²) < 4.78 is 19.2. The standard InChI is InChI=1S/C15H22FNO/c1-2-5-14-10-13(8-9-18-14)17-11-12-6-3-4-7-15(12)16/h3-4,6-7,13-14,17H,2,5,8-11H2,1H3. The van der Waals surface area contributed by atoms with Gasteiger partial charge in [-0.3, -0.25) is 0 Å². The summed E-state index contributed by atoms with van der Waals surface area (Å²) in [4.78, 5) is 0. The highest BCUT2D eigenvalue weighted by Crippen LogP contribution is 2.18. The van der Waals surface area contributed by atoms with Gasteiger partial charge in [-0.05, 0) is 25.3 Å². The lowest BCUT2D eigenvalue weighted by Gasteiger charge is -2.30. The van der Waals surface area contributed by atoms with Gasteiger partial charge in [0.05, 0.1) is 6.10 Å². The molecule has 1 aromatic carbocycles. The zero-order valence-corrected chi connectivity index (χ0v) is 11.0. The molecular weight excluding hydrogens is 229 g/mol. The average molecular weight is 251 g/mol. The first-order valence-electron chi connectivity index (χ1n) is 6.88. The van der Waals surface area contributed by atoms with E-state index < -0.39 is 0 Å². The van der Waals surface area contributed by atoms with Gasteiger partial charge in [-0.1, -0.05) is 31.5 Å². The van der Waals surface area contributed by atoms with Crippen LogP contribution in [0.4, 0.5) is 4.39 Å². The minimum absolute atomic E-state index is 0.123. The molecule has 0 aromatic heterocycles. The van der Waals surface area contributed by atoms with E-state index in [1.807, 2.05) is 12.1 Å². The molecular formula is C15H22FNO. The maximum absolute atomic E-state index is 13.5.